The summed E-state index contributed by atoms with van der Waals surface area (Å²) < 4.78 is 5.06. The molecule has 2 atom stereocenters. The third kappa shape index (κ3) is 4.40. The van der Waals surface area contributed by atoms with E-state index in [-0.39, 0.29) is 0 Å². The molecule has 0 bridgehead atoms. The van der Waals surface area contributed by atoms with Crippen LogP contribution in [0.2, 0.25) is 0 Å². The molecule has 5 heteroatoms. The number of benzene rings is 1. The highest BCUT2D eigenvalue weighted by atomic mass is 16.5. The van der Waals surface area contributed by atoms with Gasteiger partial charge in [-0.1, -0.05) is 36.8 Å². The predicted octanol–water partition coefficient (Wildman–Crippen LogP) is 4.35. The molecule has 1 aliphatic rings. The zero-order valence-corrected chi connectivity index (χ0v) is 15.6. The third-order valence-electron chi connectivity index (χ3n) is 5.16. The quantitative estimate of drug-likeness (QED) is 0.782. The van der Waals surface area contributed by atoms with Crippen LogP contribution < -0.4 is 5.32 Å². The molecule has 0 saturated heterocycles. The van der Waals surface area contributed by atoms with Gasteiger partial charge in [-0.05, 0) is 50.5 Å². The minimum absolute atomic E-state index is 0.341. The van der Waals surface area contributed by atoms with Gasteiger partial charge in [0.1, 0.15) is 12.1 Å². The van der Waals surface area contributed by atoms with E-state index >= 15 is 0 Å². The molecule has 1 aromatic carbocycles. The van der Waals surface area contributed by atoms with E-state index in [1.165, 1.54) is 37.6 Å². The topological polar surface area (TPSA) is 64.1 Å². The maximum Gasteiger partial charge on any atom is 0.357 e. The number of ether oxygens (including phenoxy) is 1. The number of hydrogen-bond acceptors (Lipinski definition) is 5. The molecule has 3 rings (SSSR count). The van der Waals surface area contributed by atoms with Gasteiger partial charge >= 0.3 is 5.97 Å². The average molecular weight is 353 g/mol. The minimum Gasteiger partial charge on any atom is -0.461 e. The SMILES string of the molecule is CCOC(=O)c1ncnc(NC[C@H]2CCC[C@@H](c3ccccc3)C2)c1C. The molecule has 1 fully saturated rings. The van der Waals surface area contributed by atoms with E-state index in [2.05, 4.69) is 45.6 Å². The standard InChI is InChI=1S/C21H27N3O2/c1-3-26-21(25)19-15(2)20(24-14-23-19)22-13-16-8-7-11-18(12-16)17-9-5-4-6-10-17/h4-6,9-10,14,16,18H,3,7-8,11-13H2,1-2H3,(H,22,23,24)/t16-,18+/m0/s1. The van der Waals surface area contributed by atoms with Crippen LogP contribution >= 0.6 is 0 Å². The zero-order valence-electron chi connectivity index (χ0n) is 15.6. The average Bonchev–Trinajstić information content (AvgIpc) is 2.68. The molecule has 0 spiro atoms. The lowest BCUT2D eigenvalue weighted by molar-refractivity contribution is 0.0518. The lowest BCUT2D eigenvalue weighted by atomic mass is 9.78. The lowest BCUT2D eigenvalue weighted by Crippen LogP contribution is -2.22. The first-order valence-electron chi connectivity index (χ1n) is 9.46. The van der Waals surface area contributed by atoms with Crippen LogP contribution in [0, 0.1) is 12.8 Å². The van der Waals surface area contributed by atoms with Gasteiger partial charge in [0.15, 0.2) is 5.69 Å². The molecule has 0 amide bonds. The number of rotatable bonds is 6. The van der Waals surface area contributed by atoms with E-state index in [1.807, 2.05) is 6.92 Å². The largest absolute Gasteiger partial charge is 0.461 e. The molecule has 138 valence electrons. The van der Waals surface area contributed by atoms with E-state index in [0.29, 0.717) is 24.1 Å². The first-order chi connectivity index (χ1) is 12.7. The summed E-state index contributed by atoms with van der Waals surface area (Å²) in [5.74, 6) is 1.58. The molecule has 1 heterocycles. The second kappa shape index (κ2) is 8.79. The first-order valence-corrected chi connectivity index (χ1v) is 9.46. The fourth-order valence-corrected chi connectivity index (χ4v) is 3.78. The molecule has 2 aromatic rings. The van der Waals surface area contributed by atoms with Crippen molar-refractivity contribution < 1.29 is 9.53 Å². The molecule has 26 heavy (non-hydrogen) atoms. The lowest BCUT2D eigenvalue weighted by Gasteiger charge is -2.30. The Hall–Kier alpha value is -2.43. The third-order valence-corrected chi connectivity index (χ3v) is 5.16. The van der Waals surface area contributed by atoms with E-state index in [1.54, 1.807) is 6.92 Å². The van der Waals surface area contributed by atoms with Crippen molar-refractivity contribution in [2.75, 3.05) is 18.5 Å². The highest BCUT2D eigenvalue weighted by molar-refractivity contribution is 5.90. The molecule has 1 N–H and O–H groups in total. The van der Waals surface area contributed by atoms with Crippen LogP contribution in [-0.2, 0) is 4.74 Å². The van der Waals surface area contributed by atoms with Crippen LogP contribution in [0.25, 0.3) is 0 Å². The normalized spacial score (nSPS) is 19.8. The summed E-state index contributed by atoms with van der Waals surface area (Å²) >= 11 is 0. The summed E-state index contributed by atoms with van der Waals surface area (Å²) in [5, 5.41) is 3.43. The van der Waals surface area contributed by atoms with Crippen molar-refractivity contribution in [1.82, 2.24) is 9.97 Å². The molecule has 1 saturated carbocycles. The van der Waals surface area contributed by atoms with Gasteiger partial charge in [-0.15, -0.1) is 0 Å². The Balaban J connectivity index is 1.62. The van der Waals surface area contributed by atoms with Crippen LogP contribution in [0.1, 0.15) is 60.1 Å². The summed E-state index contributed by atoms with van der Waals surface area (Å²) in [7, 11) is 0. The Morgan fingerprint density at radius 1 is 1.23 bits per heavy atom. The second-order valence-electron chi connectivity index (χ2n) is 6.94. The molecule has 0 radical (unpaired) electrons. The Kier molecular flexibility index (Phi) is 6.21. The second-order valence-corrected chi connectivity index (χ2v) is 6.94. The molecule has 0 unspecified atom stereocenters. The van der Waals surface area contributed by atoms with Crippen molar-refractivity contribution in [3.8, 4) is 0 Å². The van der Waals surface area contributed by atoms with Crippen LogP contribution in [0.4, 0.5) is 5.82 Å². The number of anilines is 1. The number of carbonyl (C=O) groups excluding carboxylic acids is 1. The fourth-order valence-electron chi connectivity index (χ4n) is 3.78. The van der Waals surface area contributed by atoms with Gasteiger partial charge in [0.2, 0.25) is 0 Å². The summed E-state index contributed by atoms with van der Waals surface area (Å²) in [6.45, 7) is 4.86. The van der Waals surface area contributed by atoms with Crippen molar-refractivity contribution in [2.24, 2.45) is 5.92 Å². The molecule has 0 aliphatic heterocycles. The van der Waals surface area contributed by atoms with E-state index in [4.69, 9.17) is 4.74 Å². The van der Waals surface area contributed by atoms with Crippen molar-refractivity contribution in [3.05, 3.63) is 53.5 Å². The minimum atomic E-state index is -0.391. The summed E-state index contributed by atoms with van der Waals surface area (Å²) in [6, 6.07) is 10.8. The number of carbonyl (C=O) groups is 1. The Labute approximate surface area is 155 Å². The monoisotopic (exact) mass is 353 g/mol. The van der Waals surface area contributed by atoms with E-state index in [9.17, 15) is 4.79 Å². The maximum atomic E-state index is 12.0. The summed E-state index contributed by atoms with van der Waals surface area (Å²) in [4.78, 5) is 20.4. The highest BCUT2D eigenvalue weighted by Crippen LogP contribution is 2.36. The summed E-state index contributed by atoms with van der Waals surface area (Å²) in [6.07, 6.45) is 6.36. The Morgan fingerprint density at radius 3 is 2.81 bits per heavy atom. The van der Waals surface area contributed by atoms with Crippen LogP contribution in [0.15, 0.2) is 36.7 Å². The number of hydrogen-bond donors (Lipinski definition) is 1. The maximum absolute atomic E-state index is 12.0. The van der Waals surface area contributed by atoms with Crippen molar-refractivity contribution in [3.63, 3.8) is 0 Å². The molecule has 1 aromatic heterocycles. The van der Waals surface area contributed by atoms with Gasteiger partial charge in [0.25, 0.3) is 0 Å². The summed E-state index contributed by atoms with van der Waals surface area (Å²) in [5.41, 5.74) is 2.54. The number of esters is 1. The van der Waals surface area contributed by atoms with Crippen molar-refractivity contribution in [2.45, 2.75) is 45.4 Å². The van der Waals surface area contributed by atoms with Gasteiger partial charge in [0, 0.05) is 12.1 Å². The fraction of sp³-hybridized carbons (Fsp3) is 0.476. The predicted molar refractivity (Wildman–Crippen MR) is 102 cm³/mol. The van der Waals surface area contributed by atoms with E-state index < -0.39 is 5.97 Å². The smallest absolute Gasteiger partial charge is 0.357 e. The Bertz CT molecular complexity index is 733. The highest BCUT2D eigenvalue weighted by Gasteiger charge is 2.23. The molecular weight excluding hydrogens is 326 g/mol. The number of aromatic nitrogens is 2. The van der Waals surface area contributed by atoms with Gasteiger partial charge in [0.05, 0.1) is 6.61 Å². The van der Waals surface area contributed by atoms with Gasteiger partial charge in [-0.2, -0.15) is 0 Å². The Morgan fingerprint density at radius 2 is 2.04 bits per heavy atom. The van der Waals surface area contributed by atoms with Gasteiger partial charge in [-0.25, -0.2) is 14.8 Å². The van der Waals surface area contributed by atoms with Gasteiger partial charge < -0.3 is 10.1 Å². The van der Waals surface area contributed by atoms with Gasteiger partial charge in [-0.3, -0.25) is 0 Å². The van der Waals surface area contributed by atoms with Crippen molar-refractivity contribution in [1.29, 1.82) is 0 Å². The van der Waals surface area contributed by atoms with Crippen LogP contribution in [0.3, 0.4) is 0 Å². The van der Waals surface area contributed by atoms with Crippen LogP contribution in [0.5, 0.6) is 0 Å². The van der Waals surface area contributed by atoms with Crippen molar-refractivity contribution >= 4 is 11.8 Å². The number of nitrogens with one attached hydrogen (secondary N) is 1. The number of nitrogens with zero attached hydrogens (tertiary/aromatic N) is 2. The van der Waals surface area contributed by atoms with Crippen LogP contribution in [-0.4, -0.2) is 29.1 Å². The zero-order chi connectivity index (χ0) is 18.4. The first kappa shape index (κ1) is 18.4. The molecule has 1 aliphatic carbocycles. The molecule has 5 nitrogen and oxygen atoms in total. The molecular formula is C21H27N3O2. The van der Waals surface area contributed by atoms with E-state index in [0.717, 1.165) is 17.9 Å².